The third-order valence-corrected chi connectivity index (χ3v) is 9.68. The molecular formula is C39H60N8O5. The molecular weight excluding hydrogens is 660 g/mol. The van der Waals surface area contributed by atoms with Crippen LogP contribution in [-0.2, 0) is 20.8 Å². The minimum atomic E-state index is -0.985. The van der Waals surface area contributed by atoms with Gasteiger partial charge in [0.25, 0.3) is 0 Å². The van der Waals surface area contributed by atoms with Crippen molar-refractivity contribution in [3.05, 3.63) is 71.8 Å². The van der Waals surface area contributed by atoms with Gasteiger partial charge < -0.3 is 42.5 Å². The highest BCUT2D eigenvalue weighted by Gasteiger charge is 2.34. The number of amides is 6. The molecule has 3 rings (SSSR count). The van der Waals surface area contributed by atoms with Crippen LogP contribution in [0, 0.1) is 11.8 Å². The van der Waals surface area contributed by atoms with Gasteiger partial charge in [-0.3, -0.25) is 14.4 Å². The number of hydrogen-bond acceptors (Lipinski definition) is 7. The maximum atomic E-state index is 14.1. The summed E-state index contributed by atoms with van der Waals surface area (Å²) < 4.78 is 0. The molecule has 0 aromatic heterocycles. The second kappa shape index (κ2) is 21.8. The molecule has 2 aromatic carbocycles. The molecule has 0 bridgehead atoms. The summed E-state index contributed by atoms with van der Waals surface area (Å²) in [6, 6.07) is 15.8. The maximum Gasteiger partial charge on any atom is 0.318 e. The molecule has 0 radical (unpaired) electrons. The van der Waals surface area contributed by atoms with Gasteiger partial charge in [0, 0.05) is 58.5 Å². The maximum absolute atomic E-state index is 14.1. The molecule has 52 heavy (non-hydrogen) atoms. The lowest BCUT2D eigenvalue weighted by molar-refractivity contribution is -0.140. The van der Waals surface area contributed by atoms with Crippen molar-refractivity contribution in [2.75, 3.05) is 40.3 Å². The lowest BCUT2D eigenvalue weighted by atomic mass is 9.89. The van der Waals surface area contributed by atoms with Gasteiger partial charge in [0.2, 0.25) is 11.8 Å². The van der Waals surface area contributed by atoms with Crippen LogP contribution in [0.15, 0.2) is 60.7 Å². The highest BCUT2D eigenvalue weighted by molar-refractivity contribution is 5.94. The summed E-state index contributed by atoms with van der Waals surface area (Å²) in [6.07, 6.45) is 3.73. The van der Waals surface area contributed by atoms with E-state index in [4.69, 9.17) is 11.5 Å². The van der Waals surface area contributed by atoms with E-state index in [-0.39, 0.29) is 49.1 Å². The molecule has 0 saturated carbocycles. The predicted octanol–water partition coefficient (Wildman–Crippen LogP) is 3.09. The molecule has 0 aliphatic carbocycles. The molecule has 2 aromatic rings. The summed E-state index contributed by atoms with van der Waals surface area (Å²) in [7, 11) is 3.21. The second-order valence-corrected chi connectivity index (χ2v) is 14.1. The lowest BCUT2D eigenvalue weighted by Crippen LogP contribution is -2.55. The number of nitrogens with two attached hydrogens (primary N) is 2. The average Bonchev–Trinajstić information content (AvgIpc) is 3.14. The van der Waals surface area contributed by atoms with Crippen molar-refractivity contribution < 1.29 is 24.0 Å². The topological polar surface area (TPSA) is 192 Å². The first-order valence-corrected chi connectivity index (χ1v) is 18.6. The van der Waals surface area contributed by atoms with E-state index in [1.165, 1.54) is 4.90 Å². The molecule has 13 nitrogen and oxygen atoms in total. The minimum Gasteiger partial charge on any atom is -0.344 e. The van der Waals surface area contributed by atoms with Gasteiger partial charge in [0.15, 0.2) is 5.78 Å². The van der Waals surface area contributed by atoms with Gasteiger partial charge >= 0.3 is 12.1 Å². The molecule has 1 saturated heterocycles. The number of carbonyl (C=O) groups is 5. The van der Waals surface area contributed by atoms with Crippen molar-refractivity contribution in [3.8, 4) is 0 Å². The molecule has 1 heterocycles. The average molecular weight is 721 g/mol. The summed E-state index contributed by atoms with van der Waals surface area (Å²) in [5.41, 5.74) is 13.6. The Morgan fingerprint density at radius 3 is 2.10 bits per heavy atom. The Morgan fingerprint density at radius 1 is 0.885 bits per heavy atom. The number of nitrogens with zero attached hydrogens (tertiary/aromatic N) is 2. The molecule has 286 valence electrons. The number of nitrogens with one attached hydrogen (secondary N) is 4. The van der Waals surface area contributed by atoms with Crippen molar-refractivity contribution in [1.29, 1.82) is 0 Å². The van der Waals surface area contributed by atoms with Crippen LogP contribution in [0.2, 0.25) is 0 Å². The number of piperidine rings is 1. The highest BCUT2D eigenvalue weighted by atomic mass is 16.2. The number of Topliss-reactive ketones (excluding diaryl/α,β-unsaturated/α-hetero) is 1. The summed E-state index contributed by atoms with van der Waals surface area (Å²) >= 11 is 0. The van der Waals surface area contributed by atoms with Gasteiger partial charge in [0.05, 0.1) is 12.1 Å². The van der Waals surface area contributed by atoms with Crippen LogP contribution in [0.5, 0.6) is 0 Å². The van der Waals surface area contributed by atoms with Crippen molar-refractivity contribution in [2.45, 2.75) is 89.4 Å². The fraction of sp³-hybridized carbons (Fsp3) is 0.564. The number of urea groups is 2. The molecule has 6 amide bonds. The Morgan fingerprint density at radius 2 is 1.52 bits per heavy atom. The lowest BCUT2D eigenvalue weighted by Gasteiger charge is -2.35. The zero-order valence-electron chi connectivity index (χ0n) is 31.3. The van der Waals surface area contributed by atoms with E-state index in [0.717, 1.165) is 17.5 Å². The summed E-state index contributed by atoms with van der Waals surface area (Å²) in [5, 5.41) is 11.4. The van der Waals surface area contributed by atoms with E-state index in [2.05, 4.69) is 21.3 Å². The van der Waals surface area contributed by atoms with E-state index in [1.807, 2.05) is 74.5 Å². The molecule has 1 aliphatic heterocycles. The number of benzene rings is 2. The van der Waals surface area contributed by atoms with Gasteiger partial charge in [-0.2, -0.15) is 0 Å². The van der Waals surface area contributed by atoms with Crippen LogP contribution < -0.4 is 32.7 Å². The van der Waals surface area contributed by atoms with Gasteiger partial charge in [-0.15, -0.1) is 0 Å². The van der Waals surface area contributed by atoms with Crippen molar-refractivity contribution in [3.63, 3.8) is 0 Å². The van der Waals surface area contributed by atoms with Crippen LogP contribution in [0.3, 0.4) is 0 Å². The second-order valence-electron chi connectivity index (χ2n) is 14.1. The van der Waals surface area contributed by atoms with Crippen LogP contribution in [0.25, 0.3) is 0 Å². The normalized spacial score (nSPS) is 15.6. The number of rotatable bonds is 19. The Kier molecular flexibility index (Phi) is 17.6. The standard InChI is InChI=1S/C39H60N8O5/c1-27(2)23-32(35(48)25-30(17-11-12-20-40)37(50)47-21-18-31(19-22-47)43-38(51)42-3)44-36(49)33(24-28-13-7-5-8-14-28)45-39(52)46(4)34(26-41)29-15-9-6-10-16-29/h5-10,13-16,27,30-34H,11-12,17-26,40-41H2,1-4H3,(H,44,49)(H,45,52)(H2,42,43,51)/t30-,32+,33+,34?/m0/s1. The smallest absolute Gasteiger partial charge is 0.318 e. The molecule has 1 aliphatic rings. The fourth-order valence-corrected chi connectivity index (χ4v) is 6.65. The van der Waals surface area contributed by atoms with E-state index in [9.17, 15) is 24.0 Å². The first-order valence-electron chi connectivity index (χ1n) is 18.6. The number of ketones is 1. The van der Waals surface area contributed by atoms with E-state index < -0.39 is 36.0 Å². The predicted molar refractivity (Wildman–Crippen MR) is 203 cm³/mol. The first kappa shape index (κ1) is 41.9. The van der Waals surface area contributed by atoms with E-state index in [0.29, 0.717) is 51.7 Å². The Hall–Kier alpha value is -4.49. The minimum absolute atomic E-state index is 0.0226. The van der Waals surface area contributed by atoms with Gasteiger partial charge in [-0.1, -0.05) is 80.9 Å². The SMILES string of the molecule is CNC(=O)NC1CCN(C(=O)[C@@H](CCCCN)CC(=O)[C@@H](CC(C)C)NC(=O)[C@@H](Cc2ccccc2)NC(=O)N(C)C(CN)c2ccccc2)CC1. The molecule has 13 heteroatoms. The zero-order chi connectivity index (χ0) is 38.0. The highest BCUT2D eigenvalue weighted by Crippen LogP contribution is 2.23. The fourth-order valence-electron chi connectivity index (χ4n) is 6.65. The summed E-state index contributed by atoms with van der Waals surface area (Å²) in [6.45, 7) is 5.57. The molecule has 1 fully saturated rings. The quantitative estimate of drug-likeness (QED) is 0.120. The molecule has 1 unspecified atom stereocenters. The van der Waals surface area contributed by atoms with Gasteiger partial charge in [-0.25, -0.2) is 9.59 Å². The Balaban J connectivity index is 1.78. The van der Waals surface area contributed by atoms with E-state index in [1.54, 1.807) is 19.0 Å². The van der Waals surface area contributed by atoms with Crippen molar-refractivity contribution in [1.82, 2.24) is 31.1 Å². The van der Waals surface area contributed by atoms with Crippen molar-refractivity contribution >= 4 is 29.7 Å². The number of hydrogen-bond donors (Lipinski definition) is 6. The summed E-state index contributed by atoms with van der Waals surface area (Å²) in [5.74, 6) is -1.29. The van der Waals surface area contributed by atoms with Crippen LogP contribution in [0.4, 0.5) is 9.59 Å². The first-order chi connectivity index (χ1) is 25.0. The van der Waals surface area contributed by atoms with Gasteiger partial charge in [0.1, 0.15) is 6.04 Å². The number of likely N-dealkylation sites (N-methyl/N-ethyl adjacent to an activating group) is 1. The monoisotopic (exact) mass is 720 g/mol. The molecule has 4 atom stereocenters. The zero-order valence-corrected chi connectivity index (χ0v) is 31.3. The van der Waals surface area contributed by atoms with Crippen LogP contribution in [0.1, 0.15) is 76.0 Å². The largest absolute Gasteiger partial charge is 0.344 e. The molecule has 8 N–H and O–H groups in total. The Labute approximate surface area is 309 Å². The van der Waals surface area contributed by atoms with Crippen LogP contribution >= 0.6 is 0 Å². The summed E-state index contributed by atoms with van der Waals surface area (Å²) in [4.78, 5) is 70.7. The number of carbonyl (C=O) groups excluding carboxylic acids is 5. The van der Waals surface area contributed by atoms with Crippen LogP contribution in [-0.4, -0.2) is 97.9 Å². The third-order valence-electron chi connectivity index (χ3n) is 9.68. The number of likely N-dealkylation sites (tertiary alicyclic amines) is 1. The third kappa shape index (κ3) is 13.2. The van der Waals surface area contributed by atoms with Crippen molar-refractivity contribution in [2.24, 2.45) is 23.3 Å². The Bertz CT molecular complexity index is 1420. The van der Waals surface area contributed by atoms with Gasteiger partial charge in [-0.05, 0) is 55.7 Å². The molecule has 0 spiro atoms. The van der Waals surface area contributed by atoms with E-state index >= 15 is 0 Å². The number of unbranched alkanes of at least 4 members (excludes halogenated alkanes) is 1.